The molecule has 0 fully saturated rings. The van der Waals surface area contributed by atoms with Gasteiger partial charge in [0.15, 0.2) is 5.96 Å². The average molecular weight is 431 g/mol. The van der Waals surface area contributed by atoms with Gasteiger partial charge in [-0.15, -0.1) is 0 Å². The van der Waals surface area contributed by atoms with Crippen molar-refractivity contribution in [1.29, 1.82) is 0 Å². The van der Waals surface area contributed by atoms with Crippen LogP contribution in [0.2, 0.25) is 0 Å². The summed E-state index contributed by atoms with van der Waals surface area (Å²) in [7, 11) is 0. The Balaban J connectivity index is 1.41. The average Bonchev–Trinajstić information content (AvgIpc) is 3.20. The fraction of sp³-hybridized carbons (Fsp3) is 0.320. The summed E-state index contributed by atoms with van der Waals surface area (Å²) in [6.45, 7) is 6.86. The number of guanidine groups is 1. The maximum absolute atomic E-state index is 12.1. The second kappa shape index (κ2) is 10.1. The topological polar surface area (TPSA) is 83.3 Å². The molecule has 7 nitrogen and oxygen atoms in total. The molecule has 0 saturated heterocycles. The molecular weight excluding hydrogens is 400 g/mol. The third-order valence-electron chi connectivity index (χ3n) is 5.65. The molecular formula is C25H30N6O. The van der Waals surface area contributed by atoms with Crippen molar-refractivity contribution >= 4 is 17.6 Å². The van der Waals surface area contributed by atoms with Gasteiger partial charge in [0.25, 0.3) is 0 Å². The highest BCUT2D eigenvalue weighted by Crippen LogP contribution is 2.31. The molecule has 0 aliphatic carbocycles. The third kappa shape index (κ3) is 5.35. The number of para-hydroxylation sites is 1. The highest BCUT2D eigenvalue weighted by molar-refractivity contribution is 5.94. The Morgan fingerprint density at radius 3 is 2.84 bits per heavy atom. The van der Waals surface area contributed by atoms with E-state index in [4.69, 9.17) is 4.99 Å². The van der Waals surface area contributed by atoms with Gasteiger partial charge < -0.3 is 20.5 Å². The lowest BCUT2D eigenvalue weighted by Gasteiger charge is -2.26. The molecule has 166 valence electrons. The van der Waals surface area contributed by atoms with E-state index in [9.17, 15) is 4.79 Å². The normalized spacial score (nSPS) is 15.8. The van der Waals surface area contributed by atoms with Crippen molar-refractivity contribution in [3.63, 3.8) is 0 Å². The standard InChI is InChI=1S/C25H30N6O/c1-3-26-25(29-16-21-14-24(32)30-23-10-5-4-9-22(21)23)28-15-19-7-6-8-20(13-19)17-31-12-11-27-18(31)2/h4-13,21H,3,14-17H2,1-2H3,(H,30,32)(H2,26,28,29). The molecule has 1 unspecified atom stereocenters. The minimum absolute atomic E-state index is 0.0578. The number of anilines is 1. The lowest BCUT2D eigenvalue weighted by atomic mass is 9.90. The Morgan fingerprint density at radius 1 is 1.19 bits per heavy atom. The molecule has 1 amide bonds. The van der Waals surface area contributed by atoms with Gasteiger partial charge in [0.1, 0.15) is 5.82 Å². The van der Waals surface area contributed by atoms with E-state index in [0.29, 0.717) is 19.5 Å². The van der Waals surface area contributed by atoms with Crippen molar-refractivity contribution in [1.82, 2.24) is 20.2 Å². The number of aliphatic imine (C=N–C) groups is 1. The van der Waals surface area contributed by atoms with Crippen LogP contribution in [0.1, 0.15) is 41.8 Å². The smallest absolute Gasteiger partial charge is 0.225 e. The van der Waals surface area contributed by atoms with E-state index in [1.807, 2.05) is 37.5 Å². The van der Waals surface area contributed by atoms with E-state index in [0.717, 1.165) is 41.7 Å². The predicted octanol–water partition coefficient (Wildman–Crippen LogP) is 3.42. The molecule has 3 aromatic rings. The van der Waals surface area contributed by atoms with Crippen LogP contribution in [0.4, 0.5) is 5.69 Å². The van der Waals surface area contributed by atoms with Gasteiger partial charge >= 0.3 is 0 Å². The van der Waals surface area contributed by atoms with E-state index >= 15 is 0 Å². The highest BCUT2D eigenvalue weighted by atomic mass is 16.1. The first-order valence-electron chi connectivity index (χ1n) is 11.1. The molecule has 0 spiro atoms. The molecule has 3 N–H and O–H groups in total. The summed E-state index contributed by atoms with van der Waals surface area (Å²) in [5.41, 5.74) is 4.45. The third-order valence-corrected chi connectivity index (χ3v) is 5.65. The molecule has 7 heteroatoms. The van der Waals surface area contributed by atoms with E-state index in [-0.39, 0.29) is 11.8 Å². The zero-order valence-electron chi connectivity index (χ0n) is 18.6. The van der Waals surface area contributed by atoms with E-state index < -0.39 is 0 Å². The van der Waals surface area contributed by atoms with Crippen LogP contribution in [0.5, 0.6) is 0 Å². The van der Waals surface area contributed by atoms with Crippen LogP contribution < -0.4 is 16.0 Å². The summed E-state index contributed by atoms with van der Waals surface area (Å²) in [6, 6.07) is 16.5. The molecule has 2 heterocycles. The van der Waals surface area contributed by atoms with Gasteiger partial charge in [-0.1, -0.05) is 42.5 Å². The van der Waals surface area contributed by atoms with Crippen molar-refractivity contribution in [2.75, 3.05) is 18.4 Å². The zero-order chi connectivity index (χ0) is 22.3. The van der Waals surface area contributed by atoms with Gasteiger partial charge in [-0.25, -0.2) is 9.98 Å². The summed E-state index contributed by atoms with van der Waals surface area (Å²) < 4.78 is 2.13. The second-order valence-electron chi connectivity index (χ2n) is 8.03. The monoisotopic (exact) mass is 430 g/mol. The van der Waals surface area contributed by atoms with Crippen LogP contribution in [0.25, 0.3) is 0 Å². The number of amides is 1. The Hall–Kier alpha value is -3.61. The summed E-state index contributed by atoms with van der Waals surface area (Å²) in [6.07, 6.45) is 4.29. The van der Waals surface area contributed by atoms with Crippen LogP contribution in [-0.2, 0) is 17.9 Å². The fourth-order valence-corrected chi connectivity index (χ4v) is 4.01. The summed E-state index contributed by atoms with van der Waals surface area (Å²) in [4.78, 5) is 21.2. The van der Waals surface area contributed by atoms with Gasteiger partial charge in [0.05, 0.1) is 6.54 Å². The first kappa shape index (κ1) is 21.6. The van der Waals surface area contributed by atoms with Gasteiger partial charge in [-0.3, -0.25) is 4.79 Å². The van der Waals surface area contributed by atoms with E-state index in [2.05, 4.69) is 62.8 Å². The van der Waals surface area contributed by atoms with Crippen molar-refractivity contribution in [3.05, 3.63) is 83.4 Å². The van der Waals surface area contributed by atoms with Crippen LogP contribution in [0, 0.1) is 6.92 Å². The second-order valence-corrected chi connectivity index (χ2v) is 8.03. The van der Waals surface area contributed by atoms with Gasteiger partial charge in [0, 0.05) is 50.1 Å². The molecule has 0 bridgehead atoms. The van der Waals surface area contributed by atoms with Crippen LogP contribution >= 0.6 is 0 Å². The number of fused-ring (bicyclic) bond motifs is 1. The van der Waals surface area contributed by atoms with Crippen molar-refractivity contribution < 1.29 is 4.79 Å². The number of benzene rings is 2. The number of rotatable bonds is 7. The SMILES string of the molecule is CCNC(=NCc1cccc(Cn2ccnc2C)c1)NCC1CC(=O)Nc2ccccc21. The maximum Gasteiger partial charge on any atom is 0.225 e. The zero-order valence-corrected chi connectivity index (χ0v) is 18.6. The number of carbonyl (C=O) groups is 1. The molecule has 2 aromatic carbocycles. The molecule has 1 aliphatic rings. The van der Waals surface area contributed by atoms with Gasteiger partial charge in [-0.2, -0.15) is 0 Å². The molecule has 32 heavy (non-hydrogen) atoms. The first-order valence-corrected chi connectivity index (χ1v) is 11.1. The molecule has 0 radical (unpaired) electrons. The van der Waals surface area contributed by atoms with Crippen LogP contribution in [0.3, 0.4) is 0 Å². The quantitative estimate of drug-likeness (QED) is 0.396. The first-order chi connectivity index (χ1) is 15.6. The lowest BCUT2D eigenvalue weighted by molar-refractivity contribution is -0.116. The van der Waals surface area contributed by atoms with Crippen molar-refractivity contribution in [2.24, 2.45) is 4.99 Å². The number of nitrogens with zero attached hydrogens (tertiary/aromatic N) is 3. The largest absolute Gasteiger partial charge is 0.357 e. The number of nitrogens with one attached hydrogen (secondary N) is 3. The van der Waals surface area contributed by atoms with Crippen LogP contribution in [-0.4, -0.2) is 34.5 Å². The predicted molar refractivity (Wildman–Crippen MR) is 128 cm³/mol. The summed E-state index contributed by atoms with van der Waals surface area (Å²) >= 11 is 0. The number of hydrogen-bond donors (Lipinski definition) is 3. The van der Waals surface area contributed by atoms with Crippen LogP contribution in [0.15, 0.2) is 65.9 Å². The molecule has 1 aliphatic heterocycles. The minimum Gasteiger partial charge on any atom is -0.357 e. The number of hydrogen-bond acceptors (Lipinski definition) is 3. The lowest BCUT2D eigenvalue weighted by Crippen LogP contribution is -2.40. The molecule has 0 saturated carbocycles. The van der Waals surface area contributed by atoms with Gasteiger partial charge in [-0.05, 0) is 36.6 Å². The number of aromatic nitrogens is 2. The Bertz CT molecular complexity index is 1100. The fourth-order valence-electron chi connectivity index (χ4n) is 4.01. The van der Waals surface area contributed by atoms with E-state index in [1.54, 1.807) is 0 Å². The summed E-state index contributed by atoms with van der Waals surface area (Å²) in [5.74, 6) is 1.93. The Kier molecular flexibility index (Phi) is 6.84. The van der Waals surface area contributed by atoms with Crippen molar-refractivity contribution in [2.45, 2.75) is 39.3 Å². The summed E-state index contributed by atoms with van der Waals surface area (Å²) in [5, 5.41) is 9.69. The minimum atomic E-state index is 0.0578. The number of aryl methyl sites for hydroxylation is 1. The number of imidazole rings is 1. The van der Waals surface area contributed by atoms with Crippen molar-refractivity contribution in [3.8, 4) is 0 Å². The molecule has 1 atom stereocenters. The van der Waals surface area contributed by atoms with E-state index in [1.165, 1.54) is 5.56 Å². The Morgan fingerprint density at radius 2 is 2.03 bits per heavy atom. The maximum atomic E-state index is 12.1. The Labute approximate surface area is 189 Å². The highest BCUT2D eigenvalue weighted by Gasteiger charge is 2.24. The number of carbonyl (C=O) groups excluding carboxylic acids is 1. The van der Waals surface area contributed by atoms with Gasteiger partial charge in [0.2, 0.25) is 5.91 Å². The molecule has 1 aromatic heterocycles. The molecule has 4 rings (SSSR count).